The van der Waals surface area contributed by atoms with Gasteiger partial charge in [0.05, 0.1) is 5.56 Å². The first-order valence-electron chi connectivity index (χ1n) is 8.52. The maximum Gasteiger partial charge on any atom is 0.316 e. The number of carbonyl (C=O) groups excluding carboxylic acids is 2. The SMILES string of the molecule is CCNC(=O)c1ccc(C)c(NC(=O)c2ccccc2SC(C)C(=O)O)c1. The van der Waals surface area contributed by atoms with Gasteiger partial charge in [0, 0.05) is 22.7 Å². The molecule has 0 aromatic heterocycles. The Bertz CT molecular complexity index is 867. The Labute approximate surface area is 162 Å². The molecule has 27 heavy (non-hydrogen) atoms. The van der Waals surface area contributed by atoms with Crippen LogP contribution >= 0.6 is 11.8 Å². The minimum absolute atomic E-state index is 0.209. The lowest BCUT2D eigenvalue weighted by Gasteiger charge is -2.14. The molecule has 0 spiro atoms. The van der Waals surface area contributed by atoms with Gasteiger partial charge in [-0.1, -0.05) is 18.2 Å². The summed E-state index contributed by atoms with van der Waals surface area (Å²) in [6, 6.07) is 12.0. The monoisotopic (exact) mass is 386 g/mol. The molecule has 3 N–H and O–H groups in total. The molecule has 0 aliphatic carbocycles. The Hall–Kier alpha value is -2.80. The van der Waals surface area contributed by atoms with Gasteiger partial charge in [-0.15, -0.1) is 11.8 Å². The van der Waals surface area contributed by atoms with Crippen molar-refractivity contribution in [3.63, 3.8) is 0 Å². The first-order chi connectivity index (χ1) is 12.8. The summed E-state index contributed by atoms with van der Waals surface area (Å²) in [6.07, 6.45) is 0. The average Bonchev–Trinajstić information content (AvgIpc) is 2.64. The summed E-state index contributed by atoms with van der Waals surface area (Å²) in [5.74, 6) is -1.51. The number of anilines is 1. The van der Waals surface area contributed by atoms with E-state index in [2.05, 4.69) is 10.6 Å². The van der Waals surface area contributed by atoms with E-state index < -0.39 is 11.2 Å². The summed E-state index contributed by atoms with van der Waals surface area (Å²) in [5, 5.41) is 14.0. The maximum absolute atomic E-state index is 12.8. The third kappa shape index (κ3) is 5.34. The highest BCUT2D eigenvalue weighted by molar-refractivity contribution is 8.00. The molecule has 2 amide bonds. The molecule has 0 saturated carbocycles. The topological polar surface area (TPSA) is 95.5 Å². The highest BCUT2D eigenvalue weighted by atomic mass is 32.2. The third-order valence-corrected chi connectivity index (χ3v) is 5.03. The lowest BCUT2D eigenvalue weighted by Crippen LogP contribution is -2.23. The van der Waals surface area contributed by atoms with Gasteiger partial charge in [0.25, 0.3) is 11.8 Å². The number of carboxylic acids is 1. The van der Waals surface area contributed by atoms with Crippen molar-refractivity contribution in [1.29, 1.82) is 0 Å². The summed E-state index contributed by atoms with van der Waals surface area (Å²) in [4.78, 5) is 36.5. The lowest BCUT2D eigenvalue weighted by molar-refractivity contribution is -0.136. The number of carboxylic acid groups (broad SMARTS) is 1. The van der Waals surface area contributed by atoms with Gasteiger partial charge in [-0.3, -0.25) is 14.4 Å². The second kappa shape index (κ2) is 9.23. The first-order valence-corrected chi connectivity index (χ1v) is 9.40. The van der Waals surface area contributed by atoms with Crippen LogP contribution < -0.4 is 10.6 Å². The van der Waals surface area contributed by atoms with Gasteiger partial charge in [0.2, 0.25) is 0 Å². The van der Waals surface area contributed by atoms with Crippen molar-refractivity contribution < 1.29 is 19.5 Å². The Morgan fingerprint density at radius 3 is 2.48 bits per heavy atom. The minimum Gasteiger partial charge on any atom is -0.480 e. The minimum atomic E-state index is -0.944. The third-order valence-electron chi connectivity index (χ3n) is 3.87. The highest BCUT2D eigenvalue weighted by Crippen LogP contribution is 2.28. The number of thioether (sulfide) groups is 1. The zero-order valence-electron chi connectivity index (χ0n) is 15.4. The van der Waals surface area contributed by atoms with Crippen molar-refractivity contribution in [2.75, 3.05) is 11.9 Å². The predicted molar refractivity (Wildman–Crippen MR) is 107 cm³/mol. The maximum atomic E-state index is 12.8. The van der Waals surface area contributed by atoms with Crippen LogP contribution in [0.3, 0.4) is 0 Å². The van der Waals surface area contributed by atoms with Gasteiger partial charge in [0.15, 0.2) is 0 Å². The summed E-state index contributed by atoms with van der Waals surface area (Å²) in [7, 11) is 0. The molecule has 142 valence electrons. The zero-order valence-corrected chi connectivity index (χ0v) is 16.2. The zero-order chi connectivity index (χ0) is 20.0. The van der Waals surface area contributed by atoms with Gasteiger partial charge >= 0.3 is 5.97 Å². The molecule has 1 atom stereocenters. The molecular weight excluding hydrogens is 364 g/mol. The van der Waals surface area contributed by atoms with Crippen LogP contribution in [0, 0.1) is 6.92 Å². The average molecular weight is 386 g/mol. The summed E-state index contributed by atoms with van der Waals surface area (Å²) < 4.78 is 0. The molecule has 0 saturated heterocycles. The summed E-state index contributed by atoms with van der Waals surface area (Å²) in [5.41, 5.74) is 2.20. The lowest BCUT2D eigenvalue weighted by atomic mass is 10.1. The molecular formula is C20H22N2O4S. The van der Waals surface area contributed by atoms with Crippen LogP contribution in [0.25, 0.3) is 0 Å². The molecule has 2 aromatic carbocycles. The van der Waals surface area contributed by atoms with E-state index in [0.717, 1.165) is 17.3 Å². The van der Waals surface area contributed by atoms with E-state index in [1.165, 1.54) is 0 Å². The van der Waals surface area contributed by atoms with Crippen LogP contribution in [0.4, 0.5) is 5.69 Å². The van der Waals surface area contributed by atoms with Crippen LogP contribution in [0.15, 0.2) is 47.4 Å². The van der Waals surface area contributed by atoms with E-state index in [1.54, 1.807) is 49.4 Å². The quantitative estimate of drug-likeness (QED) is 0.633. The fourth-order valence-electron chi connectivity index (χ4n) is 2.35. The Kier molecular flexibility index (Phi) is 7.01. The van der Waals surface area contributed by atoms with Gasteiger partial charge in [0.1, 0.15) is 5.25 Å². The van der Waals surface area contributed by atoms with Crippen molar-refractivity contribution in [3.8, 4) is 0 Å². The molecule has 0 aliphatic rings. The number of carbonyl (C=O) groups is 3. The Morgan fingerprint density at radius 1 is 1.11 bits per heavy atom. The molecule has 2 rings (SSSR count). The first kappa shape index (κ1) is 20.5. The molecule has 6 nitrogen and oxygen atoms in total. The predicted octanol–water partition coefficient (Wildman–Crippen LogP) is 3.56. The molecule has 1 unspecified atom stereocenters. The second-order valence-corrected chi connectivity index (χ2v) is 7.32. The highest BCUT2D eigenvalue weighted by Gasteiger charge is 2.18. The fourth-order valence-corrected chi connectivity index (χ4v) is 3.27. The number of aliphatic carboxylic acids is 1. The van der Waals surface area contributed by atoms with Crippen LogP contribution in [0.5, 0.6) is 0 Å². The van der Waals surface area contributed by atoms with Crippen LogP contribution in [-0.2, 0) is 4.79 Å². The van der Waals surface area contributed by atoms with Crippen molar-refractivity contribution in [3.05, 3.63) is 59.2 Å². The Balaban J connectivity index is 2.26. The van der Waals surface area contributed by atoms with E-state index in [-0.39, 0.29) is 11.8 Å². The molecule has 0 radical (unpaired) electrons. The number of hydrogen-bond donors (Lipinski definition) is 3. The fraction of sp³-hybridized carbons (Fsp3) is 0.250. The van der Waals surface area contributed by atoms with E-state index in [9.17, 15) is 14.4 Å². The molecule has 0 heterocycles. The normalized spacial score (nSPS) is 11.5. The summed E-state index contributed by atoms with van der Waals surface area (Å²) in [6.45, 7) is 5.76. The van der Waals surface area contributed by atoms with E-state index in [4.69, 9.17) is 5.11 Å². The number of hydrogen-bond acceptors (Lipinski definition) is 4. The van der Waals surface area contributed by atoms with Crippen LogP contribution in [0.1, 0.15) is 40.1 Å². The van der Waals surface area contributed by atoms with Crippen molar-refractivity contribution in [1.82, 2.24) is 5.32 Å². The number of amides is 2. The number of rotatable bonds is 7. The van der Waals surface area contributed by atoms with Gasteiger partial charge in [-0.25, -0.2) is 0 Å². The van der Waals surface area contributed by atoms with E-state index >= 15 is 0 Å². The number of nitrogens with one attached hydrogen (secondary N) is 2. The molecule has 7 heteroatoms. The Morgan fingerprint density at radius 2 is 1.81 bits per heavy atom. The summed E-state index contributed by atoms with van der Waals surface area (Å²) >= 11 is 1.11. The standard InChI is InChI=1S/C20H22N2O4S/c1-4-21-18(23)14-10-9-12(2)16(11-14)22-19(24)15-7-5-6-8-17(15)27-13(3)20(25)26/h5-11,13H,4H2,1-3H3,(H,21,23)(H,22,24)(H,25,26). The molecule has 0 aliphatic heterocycles. The van der Waals surface area contributed by atoms with Crippen molar-refractivity contribution in [2.45, 2.75) is 30.9 Å². The van der Waals surface area contributed by atoms with E-state index in [1.807, 2.05) is 13.8 Å². The second-order valence-electron chi connectivity index (χ2n) is 5.94. The molecule has 2 aromatic rings. The van der Waals surface area contributed by atoms with Crippen LogP contribution in [0.2, 0.25) is 0 Å². The van der Waals surface area contributed by atoms with Gasteiger partial charge in [-0.2, -0.15) is 0 Å². The largest absolute Gasteiger partial charge is 0.480 e. The molecule has 0 fully saturated rings. The van der Waals surface area contributed by atoms with Gasteiger partial charge in [-0.05, 0) is 50.6 Å². The van der Waals surface area contributed by atoms with Crippen molar-refractivity contribution in [2.24, 2.45) is 0 Å². The van der Waals surface area contributed by atoms with Gasteiger partial charge < -0.3 is 15.7 Å². The van der Waals surface area contributed by atoms with Crippen molar-refractivity contribution >= 4 is 35.2 Å². The number of aryl methyl sites for hydroxylation is 1. The van der Waals surface area contributed by atoms with Crippen LogP contribution in [-0.4, -0.2) is 34.7 Å². The van der Waals surface area contributed by atoms with E-state index in [0.29, 0.717) is 28.3 Å². The molecule has 0 bridgehead atoms. The number of benzene rings is 2. The smallest absolute Gasteiger partial charge is 0.316 e.